The molecule has 0 aromatic carbocycles. The largest absolute Gasteiger partial charge is 0.411 e. The van der Waals surface area contributed by atoms with Crippen LogP contribution >= 0.6 is 0 Å². The van der Waals surface area contributed by atoms with Crippen LogP contribution in [0.4, 0.5) is 13.2 Å². The van der Waals surface area contributed by atoms with Crippen molar-refractivity contribution in [3.63, 3.8) is 0 Å². The van der Waals surface area contributed by atoms with Crippen LogP contribution in [0.3, 0.4) is 0 Å². The summed E-state index contributed by atoms with van der Waals surface area (Å²) in [7, 11) is 4.10. The zero-order valence-corrected chi connectivity index (χ0v) is 19.6. The fourth-order valence-electron chi connectivity index (χ4n) is 4.49. The Hall–Kier alpha value is -1.12. The summed E-state index contributed by atoms with van der Waals surface area (Å²) in [6.07, 6.45) is 5.25. The first kappa shape index (κ1) is 26.1. The minimum atomic E-state index is -4.24. The maximum atomic E-state index is 12.3. The third kappa shape index (κ3) is 9.10. The average Bonchev–Trinajstić information content (AvgIpc) is 3.28. The molecule has 1 aliphatic rings. The number of hydrogen-bond acceptors (Lipinski definition) is 4. The van der Waals surface area contributed by atoms with Crippen molar-refractivity contribution in [3.8, 4) is 0 Å². The van der Waals surface area contributed by atoms with E-state index in [-0.39, 0.29) is 6.61 Å². The fraction of sp³-hybridized carbons (Fsp3) is 0.870. The minimum Gasteiger partial charge on any atom is -0.372 e. The molecule has 31 heavy (non-hydrogen) atoms. The SMILES string of the molecule is CCCCC[C@H](CCCCOCC(F)(F)F)c1c(CN(C)CCNC)nn2c1CCC2. The third-order valence-electron chi connectivity index (χ3n) is 6.04. The van der Waals surface area contributed by atoms with Gasteiger partial charge in [0.1, 0.15) is 6.61 Å². The molecule has 0 saturated carbocycles. The second kappa shape index (κ2) is 13.4. The molecule has 8 heteroatoms. The van der Waals surface area contributed by atoms with Gasteiger partial charge in [-0.05, 0) is 52.1 Å². The maximum absolute atomic E-state index is 12.3. The van der Waals surface area contributed by atoms with Crippen LogP contribution in [0, 0.1) is 0 Å². The van der Waals surface area contributed by atoms with E-state index in [9.17, 15) is 13.2 Å². The smallest absolute Gasteiger partial charge is 0.372 e. The Balaban J connectivity index is 2.03. The number of nitrogens with one attached hydrogen (secondary N) is 1. The van der Waals surface area contributed by atoms with Crippen molar-refractivity contribution in [2.45, 2.75) is 89.9 Å². The van der Waals surface area contributed by atoms with E-state index in [0.29, 0.717) is 12.3 Å². The van der Waals surface area contributed by atoms with Crippen molar-refractivity contribution >= 4 is 0 Å². The number of aryl methyl sites for hydroxylation is 1. The lowest BCUT2D eigenvalue weighted by Gasteiger charge is -2.21. The summed E-state index contributed by atoms with van der Waals surface area (Å²) in [5.74, 6) is 0.434. The Kier molecular flexibility index (Phi) is 11.3. The molecule has 0 aliphatic carbocycles. The van der Waals surface area contributed by atoms with Gasteiger partial charge in [0, 0.05) is 44.0 Å². The number of unbranched alkanes of at least 4 members (excludes halogenated alkanes) is 3. The molecule has 0 spiro atoms. The molecular weight excluding hydrogens is 405 g/mol. The van der Waals surface area contributed by atoms with E-state index in [2.05, 4.69) is 28.9 Å². The van der Waals surface area contributed by atoms with Crippen molar-refractivity contribution < 1.29 is 17.9 Å². The standard InChI is InChI=1S/C23H41F3N4O/c1-4-5-6-10-19(11-7-8-16-31-18-23(24,25)26)22-20(17-29(3)15-13-27-2)28-30-14-9-12-21(22)30/h19,27H,4-18H2,1-3H3/t19-/m1/s1. The fourth-order valence-corrected chi connectivity index (χ4v) is 4.49. The molecule has 2 heterocycles. The van der Waals surface area contributed by atoms with Crippen molar-refractivity contribution in [1.82, 2.24) is 20.0 Å². The van der Waals surface area contributed by atoms with Gasteiger partial charge in [-0.2, -0.15) is 18.3 Å². The van der Waals surface area contributed by atoms with Gasteiger partial charge < -0.3 is 10.1 Å². The van der Waals surface area contributed by atoms with E-state index in [1.54, 1.807) is 0 Å². The Morgan fingerprint density at radius 1 is 1.19 bits per heavy atom. The van der Waals surface area contributed by atoms with Crippen LogP contribution in [-0.4, -0.2) is 61.3 Å². The Morgan fingerprint density at radius 2 is 1.94 bits per heavy atom. The third-order valence-corrected chi connectivity index (χ3v) is 6.04. The number of fused-ring (bicyclic) bond motifs is 1. The molecular formula is C23H41F3N4O. The predicted molar refractivity (Wildman–Crippen MR) is 118 cm³/mol. The average molecular weight is 447 g/mol. The van der Waals surface area contributed by atoms with E-state index in [1.165, 1.54) is 36.2 Å². The number of hydrogen-bond donors (Lipinski definition) is 1. The molecule has 0 radical (unpaired) electrons. The summed E-state index contributed by atoms with van der Waals surface area (Å²) in [6.45, 7) is 4.99. The number of likely N-dealkylation sites (N-methyl/N-ethyl adjacent to an activating group) is 2. The van der Waals surface area contributed by atoms with Gasteiger partial charge in [0.05, 0.1) is 5.69 Å². The monoisotopic (exact) mass is 446 g/mol. The number of alkyl halides is 3. The normalized spacial score (nSPS) is 15.1. The number of aromatic nitrogens is 2. The zero-order chi connectivity index (χ0) is 22.7. The molecule has 0 fully saturated rings. The Labute approximate surface area is 185 Å². The summed E-state index contributed by atoms with van der Waals surface area (Å²) in [6, 6.07) is 0. The molecule has 0 saturated heterocycles. The van der Waals surface area contributed by atoms with Gasteiger partial charge in [0.2, 0.25) is 0 Å². The molecule has 2 rings (SSSR count). The number of ether oxygens (including phenoxy) is 1. The van der Waals surface area contributed by atoms with Crippen LogP contribution in [0.5, 0.6) is 0 Å². The highest BCUT2D eigenvalue weighted by Gasteiger charge is 2.28. The number of halogens is 3. The molecule has 1 aromatic rings. The lowest BCUT2D eigenvalue weighted by atomic mass is 9.86. The summed E-state index contributed by atoms with van der Waals surface area (Å²) >= 11 is 0. The van der Waals surface area contributed by atoms with E-state index < -0.39 is 12.8 Å². The van der Waals surface area contributed by atoms with Gasteiger partial charge in [-0.3, -0.25) is 9.58 Å². The molecule has 5 nitrogen and oxygen atoms in total. The first-order valence-electron chi connectivity index (χ1n) is 11.9. The zero-order valence-electron chi connectivity index (χ0n) is 19.6. The highest BCUT2D eigenvalue weighted by atomic mass is 19.4. The topological polar surface area (TPSA) is 42.3 Å². The molecule has 1 aromatic heterocycles. The van der Waals surface area contributed by atoms with Crippen molar-refractivity contribution in [2.75, 3.05) is 40.4 Å². The minimum absolute atomic E-state index is 0.174. The van der Waals surface area contributed by atoms with Crippen LogP contribution in [-0.2, 0) is 24.2 Å². The van der Waals surface area contributed by atoms with Crippen LogP contribution in [0.15, 0.2) is 0 Å². The summed E-state index contributed by atoms with van der Waals surface area (Å²) in [5, 5.41) is 8.18. The van der Waals surface area contributed by atoms with E-state index >= 15 is 0 Å². The number of nitrogens with zero attached hydrogens (tertiary/aromatic N) is 3. The highest BCUT2D eigenvalue weighted by molar-refractivity contribution is 5.32. The van der Waals surface area contributed by atoms with Gasteiger partial charge >= 0.3 is 6.18 Å². The van der Waals surface area contributed by atoms with Gasteiger partial charge in [0.25, 0.3) is 0 Å². The van der Waals surface area contributed by atoms with Crippen molar-refractivity contribution in [1.29, 1.82) is 0 Å². The first-order chi connectivity index (χ1) is 14.9. The Bertz CT molecular complexity index is 633. The van der Waals surface area contributed by atoms with E-state index in [1.807, 2.05) is 7.05 Å². The predicted octanol–water partition coefficient (Wildman–Crippen LogP) is 4.89. The summed E-state index contributed by atoms with van der Waals surface area (Å²) in [4.78, 5) is 2.31. The van der Waals surface area contributed by atoms with Gasteiger partial charge in [-0.25, -0.2) is 0 Å². The molecule has 0 unspecified atom stereocenters. The second-order valence-corrected chi connectivity index (χ2v) is 8.83. The highest BCUT2D eigenvalue weighted by Crippen LogP contribution is 2.36. The second-order valence-electron chi connectivity index (χ2n) is 8.83. The molecule has 180 valence electrons. The number of rotatable bonds is 16. The quantitative estimate of drug-likeness (QED) is 0.367. The maximum Gasteiger partial charge on any atom is 0.411 e. The van der Waals surface area contributed by atoms with Crippen LogP contribution in [0.2, 0.25) is 0 Å². The summed E-state index contributed by atoms with van der Waals surface area (Å²) < 4.78 is 43.8. The first-order valence-corrected chi connectivity index (χ1v) is 11.9. The van der Waals surface area contributed by atoms with Crippen LogP contribution in [0.1, 0.15) is 81.2 Å². The van der Waals surface area contributed by atoms with Crippen molar-refractivity contribution in [3.05, 3.63) is 17.0 Å². The lowest BCUT2D eigenvalue weighted by Crippen LogP contribution is -2.27. The van der Waals surface area contributed by atoms with Crippen LogP contribution in [0.25, 0.3) is 0 Å². The van der Waals surface area contributed by atoms with Gasteiger partial charge in [-0.1, -0.05) is 32.6 Å². The molecule has 0 amide bonds. The van der Waals surface area contributed by atoms with Gasteiger partial charge in [-0.15, -0.1) is 0 Å². The Morgan fingerprint density at radius 3 is 2.61 bits per heavy atom. The molecule has 1 aliphatic heterocycles. The molecule has 1 atom stereocenters. The summed E-state index contributed by atoms with van der Waals surface area (Å²) in [5.41, 5.74) is 4.02. The van der Waals surface area contributed by atoms with E-state index in [0.717, 1.165) is 58.3 Å². The molecule has 1 N–H and O–H groups in total. The van der Waals surface area contributed by atoms with Crippen LogP contribution < -0.4 is 5.32 Å². The lowest BCUT2D eigenvalue weighted by molar-refractivity contribution is -0.174. The van der Waals surface area contributed by atoms with E-state index in [4.69, 9.17) is 9.84 Å². The van der Waals surface area contributed by atoms with Gasteiger partial charge in [0.15, 0.2) is 0 Å². The molecule has 0 bridgehead atoms. The van der Waals surface area contributed by atoms with Crippen molar-refractivity contribution in [2.24, 2.45) is 0 Å².